The molecule has 2 nitrogen and oxygen atoms in total. The quantitative estimate of drug-likeness (QED) is 0.760. The number of carbonyl (C=O) groups is 1. The molecule has 0 bridgehead atoms. The molecule has 15 heavy (non-hydrogen) atoms. The van der Waals surface area contributed by atoms with E-state index in [-0.39, 0.29) is 18.5 Å². The van der Waals surface area contributed by atoms with Gasteiger partial charge in [0.1, 0.15) is 11.6 Å². The smallest absolute Gasteiger partial charge is 0.225 e. The Morgan fingerprint density at radius 1 is 1.47 bits per heavy atom. The highest BCUT2D eigenvalue weighted by atomic mass is 19.1. The van der Waals surface area contributed by atoms with E-state index in [9.17, 15) is 13.6 Å². The van der Waals surface area contributed by atoms with Crippen molar-refractivity contribution in [2.45, 2.75) is 12.8 Å². The molecular formula is C11H9F2NO. The molecule has 0 atom stereocenters. The van der Waals surface area contributed by atoms with Crippen LogP contribution in [-0.2, 0) is 4.79 Å². The summed E-state index contributed by atoms with van der Waals surface area (Å²) < 4.78 is 25.5. The van der Waals surface area contributed by atoms with Gasteiger partial charge in [0.05, 0.1) is 5.69 Å². The maximum atomic E-state index is 13.0. The van der Waals surface area contributed by atoms with Crippen LogP contribution in [0.5, 0.6) is 0 Å². The summed E-state index contributed by atoms with van der Waals surface area (Å²) >= 11 is 0. The Kier molecular flexibility index (Phi) is 3.81. The van der Waals surface area contributed by atoms with Gasteiger partial charge in [0.15, 0.2) is 0 Å². The zero-order valence-electron chi connectivity index (χ0n) is 7.89. The van der Waals surface area contributed by atoms with Crippen LogP contribution in [0.1, 0.15) is 12.8 Å². The van der Waals surface area contributed by atoms with E-state index in [1.165, 1.54) is 6.07 Å². The van der Waals surface area contributed by atoms with E-state index < -0.39 is 17.5 Å². The van der Waals surface area contributed by atoms with E-state index >= 15 is 0 Å². The summed E-state index contributed by atoms with van der Waals surface area (Å²) in [5, 5.41) is 2.30. The average Bonchev–Trinajstić information content (AvgIpc) is 2.19. The minimum absolute atomic E-state index is 0.0431. The molecule has 0 saturated heterocycles. The molecule has 1 N–H and O–H groups in total. The van der Waals surface area contributed by atoms with Crippen LogP contribution in [0.25, 0.3) is 0 Å². The summed E-state index contributed by atoms with van der Waals surface area (Å²) in [5.74, 6) is 0.415. The van der Waals surface area contributed by atoms with Gasteiger partial charge in [-0.05, 0) is 12.1 Å². The van der Waals surface area contributed by atoms with E-state index in [1.54, 1.807) is 0 Å². The van der Waals surface area contributed by atoms with Gasteiger partial charge in [0.2, 0.25) is 5.91 Å². The summed E-state index contributed by atoms with van der Waals surface area (Å²) in [5.41, 5.74) is -0.0431. The molecule has 0 aliphatic rings. The normalized spacial score (nSPS) is 9.40. The number of hydrogen-bond acceptors (Lipinski definition) is 1. The van der Waals surface area contributed by atoms with E-state index in [0.29, 0.717) is 6.07 Å². The molecule has 4 heteroatoms. The Morgan fingerprint density at radius 2 is 2.20 bits per heavy atom. The third kappa shape index (κ3) is 3.39. The van der Waals surface area contributed by atoms with Crippen LogP contribution in [0.15, 0.2) is 18.2 Å². The molecule has 0 radical (unpaired) electrons. The highest BCUT2D eigenvalue weighted by molar-refractivity contribution is 5.90. The lowest BCUT2D eigenvalue weighted by atomic mass is 10.2. The van der Waals surface area contributed by atoms with Crippen LogP contribution in [0.3, 0.4) is 0 Å². The predicted octanol–water partition coefficient (Wildman–Crippen LogP) is 2.32. The van der Waals surface area contributed by atoms with E-state index in [2.05, 4.69) is 11.2 Å². The van der Waals surface area contributed by atoms with Crippen LogP contribution in [0.2, 0.25) is 0 Å². The second kappa shape index (κ2) is 5.11. The van der Waals surface area contributed by atoms with Crippen molar-refractivity contribution in [1.82, 2.24) is 0 Å². The number of halogens is 2. The summed E-state index contributed by atoms with van der Waals surface area (Å²) in [7, 11) is 0. The molecule has 0 fully saturated rings. The van der Waals surface area contributed by atoms with E-state index in [1.807, 2.05) is 0 Å². The first-order chi connectivity index (χ1) is 7.13. The standard InChI is InChI=1S/C11H9F2NO/c1-2-3-4-11(15)14-10-6-5-8(12)7-9(10)13/h1,5-7H,3-4H2,(H,14,15). The molecule has 1 amide bonds. The Hall–Kier alpha value is -1.89. The lowest BCUT2D eigenvalue weighted by Crippen LogP contribution is -2.12. The molecular weight excluding hydrogens is 200 g/mol. The van der Waals surface area contributed by atoms with Gasteiger partial charge in [-0.1, -0.05) is 0 Å². The van der Waals surface area contributed by atoms with E-state index in [4.69, 9.17) is 6.42 Å². The maximum absolute atomic E-state index is 13.0. The molecule has 1 aromatic carbocycles. The Bertz CT molecular complexity index is 410. The van der Waals surface area contributed by atoms with Crippen molar-refractivity contribution in [2.75, 3.05) is 5.32 Å². The molecule has 1 aromatic rings. The van der Waals surface area contributed by atoms with Gasteiger partial charge < -0.3 is 5.32 Å². The fourth-order valence-electron chi connectivity index (χ4n) is 0.989. The zero-order valence-corrected chi connectivity index (χ0v) is 7.89. The number of anilines is 1. The minimum Gasteiger partial charge on any atom is -0.324 e. The maximum Gasteiger partial charge on any atom is 0.225 e. The van der Waals surface area contributed by atoms with Crippen molar-refractivity contribution in [2.24, 2.45) is 0 Å². The summed E-state index contributed by atoms with van der Waals surface area (Å²) in [6.07, 6.45) is 5.37. The van der Waals surface area contributed by atoms with Gasteiger partial charge in [-0.2, -0.15) is 0 Å². The molecule has 78 valence electrons. The van der Waals surface area contributed by atoms with Gasteiger partial charge in [-0.25, -0.2) is 8.78 Å². The number of carbonyl (C=O) groups excluding carboxylic acids is 1. The Labute approximate surface area is 86.3 Å². The first-order valence-corrected chi connectivity index (χ1v) is 4.32. The minimum atomic E-state index is -0.802. The molecule has 1 rings (SSSR count). The van der Waals surface area contributed by atoms with Gasteiger partial charge in [-0.3, -0.25) is 4.79 Å². The van der Waals surface area contributed by atoms with Crippen LogP contribution in [-0.4, -0.2) is 5.91 Å². The molecule has 0 aliphatic heterocycles. The zero-order chi connectivity index (χ0) is 11.3. The van der Waals surface area contributed by atoms with Crippen molar-refractivity contribution in [3.63, 3.8) is 0 Å². The third-order valence-electron chi connectivity index (χ3n) is 1.70. The second-order valence-corrected chi connectivity index (χ2v) is 2.88. The molecule has 0 saturated carbocycles. The molecule has 0 aliphatic carbocycles. The van der Waals surface area contributed by atoms with Gasteiger partial charge >= 0.3 is 0 Å². The van der Waals surface area contributed by atoms with Crippen molar-refractivity contribution in [3.05, 3.63) is 29.8 Å². The van der Waals surface area contributed by atoms with Crippen LogP contribution >= 0.6 is 0 Å². The SMILES string of the molecule is C#CCCC(=O)Nc1ccc(F)cc1F. The lowest BCUT2D eigenvalue weighted by molar-refractivity contribution is -0.116. The average molecular weight is 209 g/mol. The molecule has 0 aromatic heterocycles. The topological polar surface area (TPSA) is 29.1 Å². The van der Waals surface area contributed by atoms with Crippen LogP contribution in [0.4, 0.5) is 14.5 Å². The van der Waals surface area contributed by atoms with Crippen LogP contribution in [0, 0.1) is 24.0 Å². The fraction of sp³-hybridized carbons (Fsp3) is 0.182. The molecule has 0 unspecified atom stereocenters. The largest absolute Gasteiger partial charge is 0.324 e. The van der Waals surface area contributed by atoms with Crippen molar-refractivity contribution < 1.29 is 13.6 Å². The summed E-state index contributed by atoms with van der Waals surface area (Å²) in [4.78, 5) is 11.1. The number of rotatable bonds is 3. The summed E-state index contributed by atoms with van der Waals surface area (Å²) in [6.45, 7) is 0. The summed E-state index contributed by atoms with van der Waals surface area (Å²) in [6, 6.07) is 2.94. The third-order valence-corrected chi connectivity index (χ3v) is 1.70. The number of hydrogen-bond donors (Lipinski definition) is 1. The second-order valence-electron chi connectivity index (χ2n) is 2.88. The number of benzene rings is 1. The highest BCUT2D eigenvalue weighted by Gasteiger charge is 2.06. The number of terminal acetylenes is 1. The molecule has 0 heterocycles. The number of amides is 1. The van der Waals surface area contributed by atoms with Gasteiger partial charge in [-0.15, -0.1) is 12.3 Å². The van der Waals surface area contributed by atoms with Crippen molar-refractivity contribution in [3.8, 4) is 12.3 Å². The first-order valence-electron chi connectivity index (χ1n) is 4.32. The Balaban J connectivity index is 2.65. The van der Waals surface area contributed by atoms with E-state index in [0.717, 1.165) is 6.07 Å². The highest BCUT2D eigenvalue weighted by Crippen LogP contribution is 2.15. The van der Waals surface area contributed by atoms with Gasteiger partial charge in [0.25, 0.3) is 0 Å². The van der Waals surface area contributed by atoms with Crippen molar-refractivity contribution in [1.29, 1.82) is 0 Å². The Morgan fingerprint density at radius 3 is 2.80 bits per heavy atom. The predicted molar refractivity (Wildman–Crippen MR) is 53.1 cm³/mol. The number of nitrogens with one attached hydrogen (secondary N) is 1. The van der Waals surface area contributed by atoms with Crippen molar-refractivity contribution >= 4 is 11.6 Å². The molecule has 0 spiro atoms. The van der Waals surface area contributed by atoms with Gasteiger partial charge in [0, 0.05) is 18.9 Å². The lowest BCUT2D eigenvalue weighted by Gasteiger charge is -2.04. The first kappa shape index (κ1) is 11.2. The van der Waals surface area contributed by atoms with Crippen LogP contribution < -0.4 is 5.32 Å². The fourth-order valence-corrected chi connectivity index (χ4v) is 0.989. The monoisotopic (exact) mass is 209 g/mol.